The molecule has 1 heterocycles. The Morgan fingerprint density at radius 3 is 2.43 bits per heavy atom. The zero-order chi connectivity index (χ0) is 20.9. The van der Waals surface area contributed by atoms with Gasteiger partial charge in [-0.05, 0) is 49.9 Å². The Kier molecular flexibility index (Phi) is 12.6. The standard InChI is InChI=1S/C22H32N4O3.HI/c1-5-23-22(26-16-18-10-12-21(28-4)25-15-18)24-13-7-8-17-9-11-19(27-3)20(14-17)29-6-2;/h9-12,14-15H,5-8,13,16H2,1-4H3,(H2,23,24,26);1H. The highest BCUT2D eigenvalue weighted by molar-refractivity contribution is 14.0. The number of rotatable bonds is 11. The third-order valence-corrected chi connectivity index (χ3v) is 4.23. The van der Waals surface area contributed by atoms with Crippen LogP contribution in [0.1, 0.15) is 31.4 Å². The van der Waals surface area contributed by atoms with Crippen LogP contribution in [-0.2, 0) is 13.0 Å². The average Bonchev–Trinajstić information content (AvgIpc) is 2.75. The largest absolute Gasteiger partial charge is 0.493 e. The van der Waals surface area contributed by atoms with Crippen LogP contribution in [0.25, 0.3) is 0 Å². The van der Waals surface area contributed by atoms with Crippen LogP contribution >= 0.6 is 24.0 Å². The maximum absolute atomic E-state index is 5.65. The third kappa shape index (κ3) is 8.64. The van der Waals surface area contributed by atoms with E-state index in [-0.39, 0.29) is 24.0 Å². The minimum atomic E-state index is 0. The topological polar surface area (TPSA) is 77.0 Å². The minimum Gasteiger partial charge on any atom is -0.493 e. The number of benzene rings is 1. The Morgan fingerprint density at radius 1 is 1.00 bits per heavy atom. The summed E-state index contributed by atoms with van der Waals surface area (Å²) in [5, 5.41) is 6.66. The van der Waals surface area contributed by atoms with Gasteiger partial charge >= 0.3 is 0 Å². The number of hydrogen-bond donors (Lipinski definition) is 2. The van der Waals surface area contributed by atoms with Crippen molar-refractivity contribution in [3.63, 3.8) is 0 Å². The van der Waals surface area contributed by atoms with Crippen LogP contribution in [0.2, 0.25) is 0 Å². The number of halogens is 1. The Balaban J connectivity index is 0.00000450. The number of aryl methyl sites for hydroxylation is 1. The zero-order valence-corrected chi connectivity index (χ0v) is 20.6. The molecule has 0 fully saturated rings. The highest BCUT2D eigenvalue weighted by atomic mass is 127. The first-order chi connectivity index (χ1) is 14.2. The van der Waals surface area contributed by atoms with Crippen molar-refractivity contribution in [2.45, 2.75) is 33.2 Å². The first kappa shape index (κ1) is 25.8. The van der Waals surface area contributed by atoms with Crippen molar-refractivity contribution in [3.05, 3.63) is 47.7 Å². The van der Waals surface area contributed by atoms with E-state index in [1.165, 1.54) is 5.56 Å². The van der Waals surface area contributed by atoms with E-state index in [0.717, 1.165) is 49.0 Å². The van der Waals surface area contributed by atoms with Crippen molar-refractivity contribution in [2.24, 2.45) is 4.99 Å². The number of aromatic nitrogens is 1. The van der Waals surface area contributed by atoms with Crippen LogP contribution in [0, 0.1) is 0 Å². The van der Waals surface area contributed by atoms with Gasteiger partial charge in [0.1, 0.15) is 0 Å². The molecule has 2 N–H and O–H groups in total. The molecule has 0 saturated heterocycles. The molecule has 0 aliphatic carbocycles. The van der Waals surface area contributed by atoms with Gasteiger partial charge in [0, 0.05) is 25.4 Å². The SMILES string of the molecule is CCNC(=NCc1ccc(OC)nc1)NCCCc1ccc(OC)c(OCC)c1.I. The second-order valence-electron chi connectivity index (χ2n) is 6.35. The third-order valence-electron chi connectivity index (χ3n) is 4.23. The summed E-state index contributed by atoms with van der Waals surface area (Å²) in [5.41, 5.74) is 2.26. The molecule has 7 nitrogen and oxygen atoms in total. The van der Waals surface area contributed by atoms with Crippen molar-refractivity contribution in [3.8, 4) is 17.4 Å². The fourth-order valence-electron chi connectivity index (χ4n) is 2.78. The van der Waals surface area contributed by atoms with Crippen LogP contribution < -0.4 is 24.8 Å². The molecule has 8 heteroatoms. The molecule has 0 aliphatic heterocycles. The highest BCUT2D eigenvalue weighted by Crippen LogP contribution is 2.28. The number of ether oxygens (including phenoxy) is 3. The van der Waals surface area contributed by atoms with Gasteiger partial charge in [0.25, 0.3) is 0 Å². The molecular weight excluding hydrogens is 495 g/mol. The first-order valence-corrected chi connectivity index (χ1v) is 10.0. The van der Waals surface area contributed by atoms with Crippen molar-refractivity contribution in [2.75, 3.05) is 33.9 Å². The van der Waals surface area contributed by atoms with Gasteiger partial charge in [-0.2, -0.15) is 0 Å². The Labute approximate surface area is 196 Å². The lowest BCUT2D eigenvalue weighted by Crippen LogP contribution is -2.37. The van der Waals surface area contributed by atoms with Crippen LogP contribution in [-0.4, -0.2) is 44.9 Å². The predicted molar refractivity (Wildman–Crippen MR) is 132 cm³/mol. The number of hydrogen-bond acceptors (Lipinski definition) is 5. The minimum absolute atomic E-state index is 0. The van der Waals surface area contributed by atoms with E-state index in [1.807, 2.05) is 25.1 Å². The smallest absolute Gasteiger partial charge is 0.212 e. The number of guanidine groups is 1. The Bertz CT molecular complexity index is 769. The molecule has 2 aromatic rings. The monoisotopic (exact) mass is 528 g/mol. The molecule has 166 valence electrons. The summed E-state index contributed by atoms with van der Waals surface area (Å²) in [6, 6.07) is 9.91. The summed E-state index contributed by atoms with van der Waals surface area (Å²) in [6.07, 6.45) is 3.71. The Morgan fingerprint density at radius 2 is 1.80 bits per heavy atom. The van der Waals surface area contributed by atoms with E-state index in [1.54, 1.807) is 20.4 Å². The molecule has 2 rings (SSSR count). The van der Waals surface area contributed by atoms with Gasteiger partial charge in [-0.3, -0.25) is 0 Å². The molecule has 0 spiro atoms. The van der Waals surface area contributed by atoms with Gasteiger partial charge in [-0.25, -0.2) is 9.98 Å². The molecule has 0 bridgehead atoms. The van der Waals surface area contributed by atoms with E-state index in [0.29, 0.717) is 19.0 Å². The summed E-state index contributed by atoms with van der Waals surface area (Å²) < 4.78 is 16.1. The van der Waals surface area contributed by atoms with Crippen molar-refractivity contribution in [1.82, 2.24) is 15.6 Å². The van der Waals surface area contributed by atoms with Gasteiger partial charge in [0.15, 0.2) is 17.5 Å². The van der Waals surface area contributed by atoms with E-state index >= 15 is 0 Å². The predicted octanol–water partition coefficient (Wildman–Crippen LogP) is 3.80. The molecule has 0 atom stereocenters. The fourth-order valence-corrected chi connectivity index (χ4v) is 2.78. The number of nitrogens with zero attached hydrogens (tertiary/aromatic N) is 2. The number of nitrogens with one attached hydrogen (secondary N) is 2. The van der Waals surface area contributed by atoms with Crippen LogP contribution in [0.3, 0.4) is 0 Å². The second-order valence-corrected chi connectivity index (χ2v) is 6.35. The van der Waals surface area contributed by atoms with Gasteiger partial charge in [0.05, 0.1) is 27.4 Å². The highest BCUT2D eigenvalue weighted by Gasteiger charge is 2.05. The molecule has 0 radical (unpaired) electrons. The second kappa shape index (κ2) is 14.7. The molecule has 1 aromatic carbocycles. The van der Waals surface area contributed by atoms with E-state index < -0.39 is 0 Å². The quantitative estimate of drug-likeness (QED) is 0.200. The summed E-state index contributed by atoms with van der Waals surface area (Å²) in [4.78, 5) is 8.83. The van der Waals surface area contributed by atoms with E-state index in [4.69, 9.17) is 14.2 Å². The van der Waals surface area contributed by atoms with Gasteiger partial charge < -0.3 is 24.8 Å². The summed E-state index contributed by atoms with van der Waals surface area (Å²) >= 11 is 0. The first-order valence-electron chi connectivity index (χ1n) is 10.0. The van der Waals surface area contributed by atoms with Gasteiger partial charge in [0.2, 0.25) is 5.88 Å². The summed E-state index contributed by atoms with van der Waals surface area (Å²) in [5.74, 6) is 2.97. The normalized spacial score (nSPS) is 10.7. The molecule has 0 saturated carbocycles. The van der Waals surface area contributed by atoms with Gasteiger partial charge in [-0.15, -0.1) is 24.0 Å². The summed E-state index contributed by atoms with van der Waals surface area (Å²) in [7, 11) is 3.27. The van der Waals surface area contributed by atoms with Crippen LogP contribution in [0.15, 0.2) is 41.5 Å². The Hall–Kier alpha value is -2.23. The van der Waals surface area contributed by atoms with Crippen LogP contribution in [0.5, 0.6) is 17.4 Å². The van der Waals surface area contributed by atoms with Crippen molar-refractivity contribution < 1.29 is 14.2 Å². The lowest BCUT2D eigenvalue weighted by Gasteiger charge is -2.13. The number of aliphatic imine (C=N–C) groups is 1. The van der Waals surface area contributed by atoms with Crippen molar-refractivity contribution in [1.29, 1.82) is 0 Å². The fraction of sp³-hybridized carbons (Fsp3) is 0.455. The molecule has 1 aromatic heterocycles. The number of methoxy groups -OCH3 is 2. The van der Waals surface area contributed by atoms with Crippen molar-refractivity contribution >= 4 is 29.9 Å². The van der Waals surface area contributed by atoms with E-state index in [9.17, 15) is 0 Å². The lowest BCUT2D eigenvalue weighted by atomic mass is 10.1. The number of pyridine rings is 1. The maximum Gasteiger partial charge on any atom is 0.212 e. The lowest BCUT2D eigenvalue weighted by molar-refractivity contribution is 0.310. The molecular formula is C22H33IN4O3. The molecule has 0 amide bonds. The molecule has 30 heavy (non-hydrogen) atoms. The summed E-state index contributed by atoms with van der Waals surface area (Å²) in [6.45, 7) is 6.83. The van der Waals surface area contributed by atoms with Gasteiger partial charge in [-0.1, -0.05) is 12.1 Å². The maximum atomic E-state index is 5.65. The zero-order valence-electron chi connectivity index (χ0n) is 18.2. The molecule has 0 aliphatic rings. The molecule has 0 unspecified atom stereocenters. The van der Waals surface area contributed by atoms with Crippen LogP contribution in [0.4, 0.5) is 0 Å². The van der Waals surface area contributed by atoms with E-state index in [2.05, 4.69) is 39.7 Å². The average molecular weight is 528 g/mol.